The fraction of sp³-hybridized carbons (Fsp3) is 0. The van der Waals surface area contributed by atoms with Gasteiger partial charge in [0.1, 0.15) is 0 Å². The zero-order valence-electron chi connectivity index (χ0n) is 9.51. The topological polar surface area (TPSA) is 109 Å². The Balaban J connectivity index is 2.24. The number of hydrogen-bond donors (Lipinski definition) is 4. The van der Waals surface area contributed by atoms with Crippen LogP contribution in [-0.2, 0) is 0 Å². The molecule has 0 atom stereocenters. The van der Waals surface area contributed by atoms with Crippen molar-refractivity contribution in [2.75, 3.05) is 11.5 Å². The van der Waals surface area contributed by atoms with E-state index in [-0.39, 0.29) is 0 Å². The molecule has 18 heavy (non-hydrogen) atoms. The fourth-order valence-electron chi connectivity index (χ4n) is 1.94. The molecule has 0 aliphatic rings. The van der Waals surface area contributed by atoms with Crippen LogP contribution < -0.4 is 11.5 Å². The van der Waals surface area contributed by atoms with Crippen molar-refractivity contribution in [2.24, 2.45) is 0 Å². The Labute approximate surface area is 103 Å². The van der Waals surface area contributed by atoms with Gasteiger partial charge in [0.2, 0.25) is 0 Å². The van der Waals surface area contributed by atoms with E-state index >= 15 is 0 Å². The first-order valence-corrected chi connectivity index (χ1v) is 5.45. The number of nitrogens with one attached hydrogen (secondary N) is 2. The molecule has 3 aromatic rings. The molecule has 1 aromatic carbocycles. The summed E-state index contributed by atoms with van der Waals surface area (Å²) < 4.78 is 0. The van der Waals surface area contributed by atoms with Gasteiger partial charge in [0, 0.05) is 11.1 Å². The highest BCUT2D eigenvalue weighted by atomic mass is 15.1. The lowest BCUT2D eigenvalue weighted by atomic mass is 10.0. The van der Waals surface area contributed by atoms with Gasteiger partial charge >= 0.3 is 0 Å². The molecule has 0 aliphatic carbocycles. The average Bonchev–Trinajstić information content (AvgIpc) is 2.98. The molecule has 90 valence electrons. The number of aromatic nitrogens is 4. The number of nitrogen functional groups attached to an aromatic ring is 2. The lowest BCUT2D eigenvalue weighted by molar-refractivity contribution is 1.09. The number of hydrogen-bond acceptors (Lipinski definition) is 4. The van der Waals surface area contributed by atoms with E-state index in [9.17, 15) is 0 Å². The van der Waals surface area contributed by atoms with E-state index in [1.54, 1.807) is 12.4 Å². The lowest BCUT2D eigenvalue weighted by Crippen LogP contribution is -1.92. The summed E-state index contributed by atoms with van der Waals surface area (Å²) in [6.07, 6.45) is 3.17. The first kappa shape index (κ1) is 10.4. The second-order valence-electron chi connectivity index (χ2n) is 3.95. The van der Waals surface area contributed by atoms with Crippen molar-refractivity contribution in [2.45, 2.75) is 0 Å². The maximum absolute atomic E-state index is 5.88. The number of H-pyrrole nitrogens is 2. The normalized spacial score (nSPS) is 10.7. The van der Waals surface area contributed by atoms with E-state index in [1.807, 2.05) is 24.3 Å². The molecule has 0 fully saturated rings. The number of anilines is 2. The van der Waals surface area contributed by atoms with E-state index in [4.69, 9.17) is 11.5 Å². The molecule has 0 saturated heterocycles. The van der Waals surface area contributed by atoms with E-state index in [0.717, 1.165) is 22.5 Å². The van der Waals surface area contributed by atoms with Crippen molar-refractivity contribution in [1.29, 1.82) is 0 Å². The van der Waals surface area contributed by atoms with Crippen LogP contribution in [0.15, 0.2) is 36.7 Å². The van der Waals surface area contributed by atoms with Gasteiger partial charge in [-0.15, -0.1) is 0 Å². The molecule has 0 radical (unpaired) electrons. The second kappa shape index (κ2) is 3.92. The molecule has 0 aliphatic heterocycles. The first-order valence-electron chi connectivity index (χ1n) is 5.45. The molecule has 2 aromatic heterocycles. The summed E-state index contributed by atoms with van der Waals surface area (Å²) in [5.41, 5.74) is 16.4. The van der Waals surface area contributed by atoms with Gasteiger partial charge in [-0.05, 0) is 0 Å². The van der Waals surface area contributed by atoms with Crippen molar-refractivity contribution in [1.82, 2.24) is 20.4 Å². The van der Waals surface area contributed by atoms with Gasteiger partial charge in [0.15, 0.2) is 0 Å². The highest BCUT2D eigenvalue weighted by Gasteiger charge is 2.13. The number of aromatic amines is 2. The molecule has 2 heterocycles. The van der Waals surface area contributed by atoms with Gasteiger partial charge in [0.25, 0.3) is 0 Å². The Morgan fingerprint density at radius 2 is 1.22 bits per heavy atom. The zero-order chi connectivity index (χ0) is 12.5. The van der Waals surface area contributed by atoms with Crippen molar-refractivity contribution in [3.05, 3.63) is 36.7 Å². The van der Waals surface area contributed by atoms with Crippen LogP contribution in [-0.4, -0.2) is 20.4 Å². The third-order valence-electron chi connectivity index (χ3n) is 2.80. The molecule has 0 bridgehead atoms. The van der Waals surface area contributed by atoms with Gasteiger partial charge < -0.3 is 11.5 Å². The van der Waals surface area contributed by atoms with Gasteiger partial charge in [-0.25, -0.2) is 0 Å². The van der Waals surface area contributed by atoms with Gasteiger partial charge in [-0.2, -0.15) is 10.2 Å². The number of rotatable bonds is 2. The maximum atomic E-state index is 5.88. The SMILES string of the molecule is Nc1cn[nH]c1-c1ccccc1-c1[nH]ncc1N. The largest absolute Gasteiger partial charge is 0.396 e. The predicted octanol–water partition coefficient (Wildman–Crippen LogP) is 1.63. The summed E-state index contributed by atoms with van der Waals surface area (Å²) in [5, 5.41) is 13.7. The van der Waals surface area contributed by atoms with Gasteiger partial charge in [0.05, 0.1) is 35.2 Å². The summed E-state index contributed by atoms with van der Waals surface area (Å²) in [7, 11) is 0. The van der Waals surface area contributed by atoms with E-state index in [1.165, 1.54) is 0 Å². The van der Waals surface area contributed by atoms with E-state index < -0.39 is 0 Å². The van der Waals surface area contributed by atoms with E-state index in [0.29, 0.717) is 11.4 Å². The Hall–Kier alpha value is -2.76. The van der Waals surface area contributed by atoms with E-state index in [2.05, 4.69) is 20.4 Å². The van der Waals surface area contributed by atoms with Crippen LogP contribution >= 0.6 is 0 Å². The summed E-state index contributed by atoms with van der Waals surface area (Å²) in [4.78, 5) is 0. The van der Waals surface area contributed by atoms with Crippen LogP contribution in [0.2, 0.25) is 0 Å². The molecular weight excluding hydrogens is 228 g/mol. The highest BCUT2D eigenvalue weighted by Crippen LogP contribution is 2.34. The third-order valence-corrected chi connectivity index (χ3v) is 2.80. The molecule has 0 spiro atoms. The lowest BCUT2D eigenvalue weighted by Gasteiger charge is -2.07. The number of benzene rings is 1. The number of nitrogens with zero attached hydrogens (tertiary/aromatic N) is 2. The molecule has 6 N–H and O–H groups in total. The van der Waals surface area contributed by atoms with Crippen molar-refractivity contribution in [3.8, 4) is 22.5 Å². The molecule has 6 nitrogen and oxygen atoms in total. The Morgan fingerprint density at radius 1 is 0.778 bits per heavy atom. The predicted molar refractivity (Wildman–Crippen MR) is 70.4 cm³/mol. The Morgan fingerprint density at radius 3 is 1.56 bits per heavy atom. The van der Waals surface area contributed by atoms with Gasteiger partial charge in [-0.1, -0.05) is 24.3 Å². The summed E-state index contributed by atoms with van der Waals surface area (Å²) in [5.74, 6) is 0. The van der Waals surface area contributed by atoms with Crippen LogP contribution in [0.3, 0.4) is 0 Å². The van der Waals surface area contributed by atoms with Crippen molar-refractivity contribution < 1.29 is 0 Å². The Bertz CT molecular complexity index is 622. The summed E-state index contributed by atoms with van der Waals surface area (Å²) >= 11 is 0. The van der Waals surface area contributed by atoms with Crippen molar-refractivity contribution in [3.63, 3.8) is 0 Å². The zero-order valence-corrected chi connectivity index (χ0v) is 9.51. The van der Waals surface area contributed by atoms with Crippen LogP contribution in [0.4, 0.5) is 11.4 Å². The molecule has 0 amide bonds. The average molecular weight is 240 g/mol. The molecular formula is C12H12N6. The molecule has 0 unspecified atom stereocenters. The number of nitrogens with two attached hydrogens (primary N) is 2. The smallest absolute Gasteiger partial charge is 0.0886 e. The van der Waals surface area contributed by atoms with Crippen LogP contribution in [0.5, 0.6) is 0 Å². The van der Waals surface area contributed by atoms with Gasteiger partial charge in [-0.3, -0.25) is 10.2 Å². The quantitative estimate of drug-likeness (QED) is 0.545. The van der Waals surface area contributed by atoms with Crippen LogP contribution in [0, 0.1) is 0 Å². The van der Waals surface area contributed by atoms with Crippen LogP contribution in [0.25, 0.3) is 22.5 Å². The maximum Gasteiger partial charge on any atom is 0.0886 e. The van der Waals surface area contributed by atoms with Crippen molar-refractivity contribution >= 4 is 11.4 Å². The third kappa shape index (κ3) is 1.51. The minimum atomic E-state index is 0.598. The monoisotopic (exact) mass is 240 g/mol. The molecule has 6 heteroatoms. The second-order valence-corrected chi connectivity index (χ2v) is 3.95. The summed E-state index contributed by atoms with van der Waals surface area (Å²) in [6.45, 7) is 0. The fourth-order valence-corrected chi connectivity index (χ4v) is 1.94. The first-order chi connectivity index (χ1) is 8.77. The Kier molecular flexibility index (Phi) is 2.26. The minimum absolute atomic E-state index is 0.598. The minimum Gasteiger partial charge on any atom is -0.396 e. The standard InChI is InChI=1S/C12H12N6/c13-9-5-15-17-11(9)7-3-1-2-4-8(7)12-10(14)6-16-18-12/h1-6H,13-14H2,(H,15,17)(H,16,18). The summed E-state index contributed by atoms with van der Waals surface area (Å²) in [6, 6.07) is 7.79. The van der Waals surface area contributed by atoms with Crippen LogP contribution in [0.1, 0.15) is 0 Å². The highest BCUT2D eigenvalue weighted by molar-refractivity contribution is 5.88. The molecule has 3 rings (SSSR count). The molecule has 0 saturated carbocycles.